The van der Waals surface area contributed by atoms with Gasteiger partial charge in [0.15, 0.2) is 5.67 Å². The molecule has 2 N–H and O–H groups in total. The summed E-state index contributed by atoms with van der Waals surface area (Å²) in [4.78, 5) is 4.05. The van der Waals surface area contributed by atoms with Crippen LogP contribution in [0.25, 0.3) is 10.8 Å². The number of alkyl halides is 1. The second kappa shape index (κ2) is 4.41. The van der Waals surface area contributed by atoms with E-state index < -0.39 is 5.67 Å². The van der Waals surface area contributed by atoms with Gasteiger partial charge in [0.05, 0.1) is 0 Å². The van der Waals surface area contributed by atoms with Gasteiger partial charge in [0, 0.05) is 24.3 Å². The molecule has 0 saturated carbocycles. The van der Waals surface area contributed by atoms with Gasteiger partial charge in [-0.25, -0.2) is 4.39 Å². The van der Waals surface area contributed by atoms with Crippen molar-refractivity contribution in [2.45, 2.75) is 19.5 Å². The van der Waals surface area contributed by atoms with E-state index in [-0.39, 0.29) is 12.5 Å². The zero-order chi connectivity index (χ0) is 12.5. The summed E-state index contributed by atoms with van der Waals surface area (Å²) in [5, 5.41) is 1.84. The lowest BCUT2D eigenvalue weighted by atomic mass is 9.83. The summed E-state index contributed by atoms with van der Waals surface area (Å²) in [6, 6.07) is 7.45. The fourth-order valence-electron chi connectivity index (χ4n) is 2.14. The minimum Gasteiger partial charge on any atom is -0.327 e. The van der Waals surface area contributed by atoms with Crippen molar-refractivity contribution < 1.29 is 4.39 Å². The molecule has 0 aliphatic heterocycles. The first-order chi connectivity index (χ1) is 8.09. The number of benzene rings is 1. The zero-order valence-corrected chi connectivity index (χ0v) is 10.2. The number of nitrogens with two attached hydrogens (primary N) is 1. The number of rotatable bonds is 3. The van der Waals surface area contributed by atoms with Crippen molar-refractivity contribution in [3.8, 4) is 0 Å². The minimum atomic E-state index is -1.49. The van der Waals surface area contributed by atoms with Crippen LogP contribution in [0.5, 0.6) is 0 Å². The molecule has 90 valence electrons. The maximum Gasteiger partial charge on any atom is 0.151 e. The van der Waals surface area contributed by atoms with Gasteiger partial charge in [-0.3, -0.25) is 4.98 Å². The van der Waals surface area contributed by atoms with Gasteiger partial charge in [0.2, 0.25) is 0 Å². The SMILES string of the molecule is CC(C)C(F)(CN)c1cccc2cnccc12. The van der Waals surface area contributed by atoms with E-state index in [1.165, 1.54) is 0 Å². The molecule has 1 unspecified atom stereocenters. The van der Waals surface area contributed by atoms with E-state index in [0.29, 0.717) is 5.56 Å². The molecule has 2 nitrogen and oxygen atoms in total. The minimum absolute atomic E-state index is 0.00783. The summed E-state index contributed by atoms with van der Waals surface area (Å²) in [5.41, 5.74) is 4.82. The van der Waals surface area contributed by atoms with E-state index >= 15 is 0 Å². The number of nitrogens with zero attached hydrogens (tertiary/aromatic N) is 1. The Balaban J connectivity index is 2.70. The van der Waals surface area contributed by atoms with Crippen molar-refractivity contribution in [3.05, 3.63) is 42.2 Å². The van der Waals surface area contributed by atoms with Crippen molar-refractivity contribution in [3.63, 3.8) is 0 Å². The Kier molecular flexibility index (Phi) is 3.11. The van der Waals surface area contributed by atoms with E-state index in [0.717, 1.165) is 10.8 Å². The highest BCUT2D eigenvalue weighted by molar-refractivity contribution is 5.85. The molecule has 0 fully saturated rings. The van der Waals surface area contributed by atoms with Crippen LogP contribution in [-0.2, 0) is 5.67 Å². The van der Waals surface area contributed by atoms with Crippen molar-refractivity contribution in [2.24, 2.45) is 11.7 Å². The van der Waals surface area contributed by atoms with Crippen LogP contribution in [0, 0.1) is 5.92 Å². The topological polar surface area (TPSA) is 38.9 Å². The normalized spacial score (nSPS) is 15.1. The van der Waals surface area contributed by atoms with Crippen molar-refractivity contribution in [1.29, 1.82) is 0 Å². The van der Waals surface area contributed by atoms with E-state index in [1.54, 1.807) is 12.4 Å². The lowest BCUT2D eigenvalue weighted by molar-refractivity contribution is 0.111. The van der Waals surface area contributed by atoms with Crippen molar-refractivity contribution in [1.82, 2.24) is 4.98 Å². The van der Waals surface area contributed by atoms with Crippen molar-refractivity contribution >= 4 is 10.8 Å². The van der Waals surface area contributed by atoms with Gasteiger partial charge < -0.3 is 5.73 Å². The Bertz CT molecular complexity index is 519. The van der Waals surface area contributed by atoms with Crippen LogP contribution in [-0.4, -0.2) is 11.5 Å². The van der Waals surface area contributed by atoms with Gasteiger partial charge in [0.1, 0.15) is 0 Å². The summed E-state index contributed by atoms with van der Waals surface area (Å²) in [7, 11) is 0. The van der Waals surface area contributed by atoms with E-state index in [4.69, 9.17) is 5.73 Å². The highest BCUT2D eigenvalue weighted by Gasteiger charge is 2.35. The summed E-state index contributed by atoms with van der Waals surface area (Å²) in [6.07, 6.45) is 3.43. The molecule has 17 heavy (non-hydrogen) atoms. The number of hydrogen-bond acceptors (Lipinski definition) is 2. The summed E-state index contributed by atoms with van der Waals surface area (Å²) < 4.78 is 15.0. The van der Waals surface area contributed by atoms with E-state index in [2.05, 4.69) is 4.98 Å². The summed E-state index contributed by atoms with van der Waals surface area (Å²) in [6.45, 7) is 3.70. The summed E-state index contributed by atoms with van der Waals surface area (Å²) in [5.74, 6) is -0.161. The maximum atomic E-state index is 15.0. The van der Waals surface area contributed by atoms with Gasteiger partial charge in [-0.2, -0.15) is 0 Å². The molecule has 2 rings (SSSR count). The standard InChI is InChI=1S/C14H17FN2/c1-10(2)14(15,9-16)13-5-3-4-11-8-17-7-6-12(11)13/h3-8,10H,9,16H2,1-2H3. The third-order valence-corrected chi connectivity index (χ3v) is 3.34. The van der Waals surface area contributed by atoms with E-state index in [1.807, 2.05) is 38.1 Å². The van der Waals surface area contributed by atoms with Gasteiger partial charge in [-0.15, -0.1) is 0 Å². The molecule has 0 aliphatic rings. The molecule has 0 amide bonds. The van der Waals surface area contributed by atoms with Crippen LogP contribution in [0.2, 0.25) is 0 Å². The summed E-state index contributed by atoms with van der Waals surface area (Å²) >= 11 is 0. The molecule has 0 saturated heterocycles. The van der Waals surface area contributed by atoms with Crippen LogP contribution >= 0.6 is 0 Å². The largest absolute Gasteiger partial charge is 0.327 e. The second-order valence-electron chi connectivity index (χ2n) is 4.62. The third kappa shape index (κ3) is 1.91. The van der Waals surface area contributed by atoms with Gasteiger partial charge >= 0.3 is 0 Å². The average Bonchev–Trinajstić information content (AvgIpc) is 2.37. The Morgan fingerprint density at radius 3 is 2.76 bits per heavy atom. The van der Waals surface area contributed by atoms with Crippen LogP contribution in [0.3, 0.4) is 0 Å². The van der Waals surface area contributed by atoms with Crippen LogP contribution in [0.1, 0.15) is 19.4 Å². The number of hydrogen-bond donors (Lipinski definition) is 1. The van der Waals surface area contributed by atoms with Gasteiger partial charge in [0.25, 0.3) is 0 Å². The lowest BCUT2D eigenvalue weighted by Crippen LogP contribution is -2.35. The number of aromatic nitrogens is 1. The number of halogens is 1. The molecule has 1 atom stereocenters. The molecular weight excluding hydrogens is 215 g/mol. The number of fused-ring (bicyclic) bond motifs is 1. The molecule has 2 aromatic rings. The highest BCUT2D eigenvalue weighted by atomic mass is 19.1. The fourth-order valence-corrected chi connectivity index (χ4v) is 2.14. The molecule has 0 bridgehead atoms. The lowest BCUT2D eigenvalue weighted by Gasteiger charge is -2.29. The molecule has 1 aromatic carbocycles. The Morgan fingerprint density at radius 1 is 1.35 bits per heavy atom. The predicted molar refractivity (Wildman–Crippen MR) is 68.4 cm³/mol. The zero-order valence-electron chi connectivity index (χ0n) is 10.2. The quantitative estimate of drug-likeness (QED) is 0.883. The van der Waals surface area contributed by atoms with Gasteiger partial charge in [-0.05, 0) is 22.9 Å². The molecule has 1 aromatic heterocycles. The van der Waals surface area contributed by atoms with E-state index in [9.17, 15) is 4.39 Å². The van der Waals surface area contributed by atoms with Gasteiger partial charge in [-0.1, -0.05) is 32.0 Å². The Labute approximate surface area is 101 Å². The van der Waals surface area contributed by atoms with Crippen LogP contribution < -0.4 is 5.73 Å². The number of pyridine rings is 1. The molecule has 0 radical (unpaired) electrons. The van der Waals surface area contributed by atoms with Crippen LogP contribution in [0.4, 0.5) is 4.39 Å². The smallest absolute Gasteiger partial charge is 0.151 e. The Hall–Kier alpha value is -1.48. The average molecular weight is 232 g/mol. The first-order valence-electron chi connectivity index (χ1n) is 5.82. The molecule has 0 spiro atoms. The van der Waals surface area contributed by atoms with Crippen molar-refractivity contribution in [2.75, 3.05) is 6.54 Å². The highest BCUT2D eigenvalue weighted by Crippen LogP contribution is 2.36. The molecule has 0 aliphatic carbocycles. The predicted octanol–water partition coefficient (Wildman–Crippen LogP) is 3.01. The molecule has 1 heterocycles. The monoisotopic (exact) mass is 232 g/mol. The fraction of sp³-hybridized carbons (Fsp3) is 0.357. The molecule has 3 heteroatoms. The molecular formula is C14H17FN2. The first kappa shape index (κ1) is 12.0. The van der Waals surface area contributed by atoms with Crippen LogP contribution in [0.15, 0.2) is 36.7 Å². The first-order valence-corrected chi connectivity index (χ1v) is 5.82. The maximum absolute atomic E-state index is 15.0. The third-order valence-electron chi connectivity index (χ3n) is 3.34. The second-order valence-corrected chi connectivity index (χ2v) is 4.62. The Morgan fingerprint density at radius 2 is 2.12 bits per heavy atom.